The number of hydrogen-bond acceptors (Lipinski definition) is 5. The number of fused-ring (bicyclic) bond motifs is 3. The van der Waals surface area contributed by atoms with Gasteiger partial charge in [-0.1, -0.05) is 16.8 Å². The molecule has 5 rings (SSSR count). The quantitative estimate of drug-likeness (QED) is 0.540. The SMILES string of the molecule is COC1CC(n2c(Cn3cc(C)nn3)nc3cnc4ccc(Cl)cc4c32)C1. The molecule has 1 aliphatic carbocycles. The van der Waals surface area contributed by atoms with Crippen LogP contribution in [-0.2, 0) is 11.3 Å². The van der Waals surface area contributed by atoms with Gasteiger partial charge in [-0.15, -0.1) is 5.10 Å². The molecule has 1 saturated carbocycles. The Labute approximate surface area is 160 Å². The van der Waals surface area contributed by atoms with E-state index >= 15 is 0 Å². The molecule has 0 N–H and O–H groups in total. The third-order valence-corrected chi connectivity index (χ3v) is 5.51. The molecular formula is C19H19ClN6O. The lowest BCUT2D eigenvalue weighted by Crippen LogP contribution is -2.33. The van der Waals surface area contributed by atoms with Crippen molar-refractivity contribution in [3.8, 4) is 0 Å². The number of pyridine rings is 1. The van der Waals surface area contributed by atoms with Crippen molar-refractivity contribution in [1.82, 2.24) is 29.5 Å². The van der Waals surface area contributed by atoms with Crippen LogP contribution in [0.3, 0.4) is 0 Å². The van der Waals surface area contributed by atoms with Crippen molar-refractivity contribution >= 4 is 33.5 Å². The van der Waals surface area contributed by atoms with Gasteiger partial charge in [0.1, 0.15) is 17.9 Å². The van der Waals surface area contributed by atoms with Crippen LogP contribution in [0.5, 0.6) is 0 Å². The van der Waals surface area contributed by atoms with E-state index in [1.807, 2.05) is 42.2 Å². The number of methoxy groups -OCH3 is 1. The fourth-order valence-corrected chi connectivity index (χ4v) is 4.03. The van der Waals surface area contributed by atoms with Gasteiger partial charge in [0.2, 0.25) is 0 Å². The molecule has 0 saturated heterocycles. The van der Waals surface area contributed by atoms with Gasteiger partial charge in [0, 0.05) is 29.8 Å². The Morgan fingerprint density at radius 3 is 2.85 bits per heavy atom. The molecule has 3 aromatic heterocycles. The number of imidazole rings is 1. The molecule has 1 fully saturated rings. The van der Waals surface area contributed by atoms with Gasteiger partial charge in [0.15, 0.2) is 0 Å². The fraction of sp³-hybridized carbons (Fsp3) is 0.368. The smallest absolute Gasteiger partial charge is 0.132 e. The summed E-state index contributed by atoms with van der Waals surface area (Å²) in [4.78, 5) is 9.44. The lowest BCUT2D eigenvalue weighted by atomic mass is 9.88. The average molecular weight is 383 g/mol. The van der Waals surface area contributed by atoms with Crippen LogP contribution in [0.2, 0.25) is 5.02 Å². The zero-order valence-electron chi connectivity index (χ0n) is 15.1. The van der Waals surface area contributed by atoms with E-state index in [4.69, 9.17) is 21.3 Å². The van der Waals surface area contributed by atoms with Gasteiger partial charge in [-0.05, 0) is 38.0 Å². The molecule has 1 aliphatic rings. The summed E-state index contributed by atoms with van der Waals surface area (Å²) < 4.78 is 9.64. The van der Waals surface area contributed by atoms with E-state index in [2.05, 4.69) is 19.9 Å². The van der Waals surface area contributed by atoms with Crippen LogP contribution in [0.4, 0.5) is 0 Å². The van der Waals surface area contributed by atoms with E-state index in [0.717, 1.165) is 46.3 Å². The summed E-state index contributed by atoms with van der Waals surface area (Å²) in [6.45, 7) is 2.49. The average Bonchev–Trinajstić information content (AvgIpc) is 3.18. The summed E-state index contributed by atoms with van der Waals surface area (Å²) in [5.74, 6) is 0.948. The molecule has 27 heavy (non-hydrogen) atoms. The van der Waals surface area contributed by atoms with Crippen LogP contribution in [0, 0.1) is 6.92 Å². The highest BCUT2D eigenvalue weighted by Gasteiger charge is 2.33. The number of halogens is 1. The summed E-state index contributed by atoms with van der Waals surface area (Å²) in [7, 11) is 1.77. The molecule has 0 radical (unpaired) electrons. The molecule has 0 atom stereocenters. The van der Waals surface area contributed by atoms with Crippen molar-refractivity contribution in [1.29, 1.82) is 0 Å². The molecule has 1 aromatic carbocycles. The van der Waals surface area contributed by atoms with Crippen LogP contribution < -0.4 is 0 Å². The number of nitrogens with zero attached hydrogens (tertiary/aromatic N) is 6. The molecule has 0 bridgehead atoms. The highest BCUT2D eigenvalue weighted by Crippen LogP contribution is 2.39. The predicted octanol–water partition coefficient (Wildman–Crippen LogP) is 3.54. The normalized spacial score (nSPS) is 19.7. The lowest BCUT2D eigenvalue weighted by Gasteiger charge is -2.36. The zero-order valence-corrected chi connectivity index (χ0v) is 15.9. The Morgan fingerprint density at radius 2 is 2.11 bits per heavy atom. The third-order valence-electron chi connectivity index (χ3n) is 5.28. The van der Waals surface area contributed by atoms with E-state index in [9.17, 15) is 0 Å². The Bertz CT molecular complexity index is 1140. The number of aromatic nitrogens is 6. The van der Waals surface area contributed by atoms with E-state index in [0.29, 0.717) is 23.7 Å². The monoisotopic (exact) mass is 382 g/mol. The first-order chi connectivity index (χ1) is 13.1. The molecule has 3 heterocycles. The molecule has 138 valence electrons. The minimum Gasteiger partial charge on any atom is -0.381 e. The van der Waals surface area contributed by atoms with Gasteiger partial charge in [-0.3, -0.25) is 4.98 Å². The van der Waals surface area contributed by atoms with Crippen LogP contribution in [0.15, 0.2) is 30.6 Å². The first kappa shape index (κ1) is 16.6. The highest BCUT2D eigenvalue weighted by molar-refractivity contribution is 6.31. The van der Waals surface area contributed by atoms with E-state index in [1.54, 1.807) is 7.11 Å². The largest absolute Gasteiger partial charge is 0.381 e. The van der Waals surface area contributed by atoms with E-state index < -0.39 is 0 Å². The summed E-state index contributed by atoms with van der Waals surface area (Å²) in [6, 6.07) is 6.13. The van der Waals surface area contributed by atoms with Crippen LogP contribution in [-0.4, -0.2) is 42.7 Å². The summed E-state index contributed by atoms with van der Waals surface area (Å²) in [5.41, 5.74) is 3.75. The Balaban J connectivity index is 1.71. The number of aryl methyl sites for hydroxylation is 1. The second-order valence-electron chi connectivity index (χ2n) is 7.09. The highest BCUT2D eigenvalue weighted by atomic mass is 35.5. The van der Waals surface area contributed by atoms with E-state index in [-0.39, 0.29) is 0 Å². The Morgan fingerprint density at radius 1 is 1.26 bits per heavy atom. The van der Waals surface area contributed by atoms with Gasteiger partial charge in [0.25, 0.3) is 0 Å². The molecule has 4 aromatic rings. The number of benzene rings is 1. The van der Waals surface area contributed by atoms with Crippen molar-refractivity contribution in [3.63, 3.8) is 0 Å². The third kappa shape index (κ3) is 2.78. The van der Waals surface area contributed by atoms with Crippen LogP contribution in [0.25, 0.3) is 21.9 Å². The van der Waals surface area contributed by atoms with Gasteiger partial charge in [-0.2, -0.15) is 0 Å². The first-order valence-electron chi connectivity index (χ1n) is 8.97. The maximum atomic E-state index is 6.28. The van der Waals surface area contributed by atoms with Crippen molar-refractivity contribution in [2.75, 3.05) is 7.11 Å². The second-order valence-corrected chi connectivity index (χ2v) is 7.53. The van der Waals surface area contributed by atoms with Crippen molar-refractivity contribution in [3.05, 3.63) is 47.1 Å². The molecule has 0 spiro atoms. The topological polar surface area (TPSA) is 70.7 Å². The summed E-state index contributed by atoms with van der Waals surface area (Å²) in [5, 5.41) is 9.99. The van der Waals surface area contributed by atoms with Crippen LogP contribution in [0.1, 0.15) is 30.4 Å². The first-order valence-corrected chi connectivity index (χ1v) is 9.35. The van der Waals surface area contributed by atoms with Crippen molar-refractivity contribution in [2.45, 2.75) is 38.5 Å². The summed E-state index contributed by atoms with van der Waals surface area (Å²) >= 11 is 6.28. The Kier molecular flexibility index (Phi) is 3.87. The predicted molar refractivity (Wildman–Crippen MR) is 103 cm³/mol. The van der Waals surface area contributed by atoms with Gasteiger partial charge in [0.05, 0.1) is 29.0 Å². The minimum atomic E-state index is 0.297. The molecule has 7 nitrogen and oxygen atoms in total. The van der Waals surface area contributed by atoms with E-state index in [1.165, 1.54) is 0 Å². The minimum absolute atomic E-state index is 0.297. The number of ether oxygens (including phenoxy) is 1. The van der Waals surface area contributed by atoms with Crippen LogP contribution >= 0.6 is 11.6 Å². The lowest BCUT2D eigenvalue weighted by molar-refractivity contribution is 0.00654. The van der Waals surface area contributed by atoms with Gasteiger partial charge >= 0.3 is 0 Å². The maximum Gasteiger partial charge on any atom is 0.132 e. The maximum absolute atomic E-state index is 6.28. The number of hydrogen-bond donors (Lipinski definition) is 0. The number of rotatable bonds is 4. The standard InChI is InChI=1S/C19H19ClN6O/c1-11-9-25(24-23-11)10-18-22-17-8-21-16-4-3-12(20)5-15(16)19(17)26(18)13-6-14(7-13)27-2/h3-5,8-9,13-14H,6-7,10H2,1-2H3. The molecule has 8 heteroatoms. The zero-order chi connectivity index (χ0) is 18.5. The molecular weight excluding hydrogens is 364 g/mol. The molecule has 0 unspecified atom stereocenters. The Hall–Kier alpha value is -2.51. The van der Waals surface area contributed by atoms with Crippen molar-refractivity contribution in [2.24, 2.45) is 0 Å². The second kappa shape index (κ2) is 6.28. The van der Waals surface area contributed by atoms with Gasteiger partial charge < -0.3 is 9.30 Å². The van der Waals surface area contributed by atoms with Crippen molar-refractivity contribution < 1.29 is 4.74 Å². The fourth-order valence-electron chi connectivity index (χ4n) is 3.86. The molecule has 0 amide bonds. The molecule has 0 aliphatic heterocycles. The summed E-state index contributed by atoms with van der Waals surface area (Å²) in [6.07, 6.45) is 6.00. The van der Waals surface area contributed by atoms with Gasteiger partial charge in [-0.25, -0.2) is 9.67 Å².